The summed E-state index contributed by atoms with van der Waals surface area (Å²) < 4.78 is 12.5. The molecule has 26 heavy (non-hydrogen) atoms. The van der Waals surface area contributed by atoms with Crippen LogP contribution in [-0.4, -0.2) is 36.3 Å². The Hall–Kier alpha value is -0.835. The molecule has 1 aromatic carbocycles. The molecule has 1 aliphatic carbocycles. The lowest BCUT2D eigenvalue weighted by Crippen LogP contribution is -2.41. The van der Waals surface area contributed by atoms with Gasteiger partial charge < -0.3 is 9.31 Å². The highest BCUT2D eigenvalue weighted by molar-refractivity contribution is 6.62. The minimum Gasteiger partial charge on any atom is -0.399 e. The molecule has 2 aliphatic heterocycles. The van der Waals surface area contributed by atoms with Gasteiger partial charge in [0, 0.05) is 13.1 Å². The molecule has 2 heterocycles. The van der Waals surface area contributed by atoms with E-state index in [1.165, 1.54) is 57.2 Å². The van der Waals surface area contributed by atoms with E-state index in [4.69, 9.17) is 9.31 Å². The third-order valence-corrected chi connectivity index (χ3v) is 7.31. The minimum atomic E-state index is -0.282. The average Bonchev–Trinajstić information content (AvgIpc) is 3.06. The van der Waals surface area contributed by atoms with Crippen molar-refractivity contribution < 1.29 is 9.31 Å². The first-order valence-electron chi connectivity index (χ1n) is 10.5. The van der Waals surface area contributed by atoms with Gasteiger partial charge in [0.15, 0.2) is 0 Å². The summed E-state index contributed by atoms with van der Waals surface area (Å²) in [6.45, 7) is 12.0. The second-order valence-electron chi connectivity index (χ2n) is 9.85. The van der Waals surface area contributed by atoms with Crippen molar-refractivity contribution in [3.8, 4) is 0 Å². The van der Waals surface area contributed by atoms with Crippen LogP contribution in [0, 0.1) is 5.41 Å². The quantitative estimate of drug-likeness (QED) is 0.761. The molecule has 142 valence electrons. The van der Waals surface area contributed by atoms with Gasteiger partial charge in [-0.2, -0.15) is 0 Å². The Labute approximate surface area is 159 Å². The van der Waals surface area contributed by atoms with Crippen LogP contribution in [0.25, 0.3) is 0 Å². The van der Waals surface area contributed by atoms with E-state index in [-0.39, 0.29) is 18.3 Å². The van der Waals surface area contributed by atoms with Crippen molar-refractivity contribution in [2.45, 2.75) is 84.0 Å². The Morgan fingerprint density at radius 2 is 1.65 bits per heavy atom. The Morgan fingerprint density at radius 1 is 0.962 bits per heavy atom. The predicted molar refractivity (Wildman–Crippen MR) is 108 cm³/mol. The maximum absolute atomic E-state index is 6.23. The number of likely N-dealkylation sites (tertiary alicyclic amines) is 1. The molecule has 1 spiro atoms. The standard InChI is InChI=1S/C22H34BNO2/c1-20(2)21(3,4)26-23(25-20)19-10-8-9-18(15-19)16-24-14-13-22(17-24)11-6-5-7-12-22/h8-10,15H,5-7,11-14,16-17H2,1-4H3. The van der Waals surface area contributed by atoms with Crippen LogP contribution in [0.1, 0.15) is 71.8 Å². The number of hydrogen-bond acceptors (Lipinski definition) is 3. The smallest absolute Gasteiger partial charge is 0.399 e. The first-order valence-corrected chi connectivity index (χ1v) is 10.5. The second-order valence-corrected chi connectivity index (χ2v) is 9.85. The number of benzene rings is 1. The molecule has 0 unspecified atom stereocenters. The highest BCUT2D eigenvalue weighted by atomic mass is 16.7. The molecule has 0 amide bonds. The van der Waals surface area contributed by atoms with Crippen LogP contribution in [0.3, 0.4) is 0 Å². The van der Waals surface area contributed by atoms with Gasteiger partial charge in [-0.1, -0.05) is 43.5 Å². The highest BCUT2D eigenvalue weighted by Crippen LogP contribution is 2.44. The van der Waals surface area contributed by atoms with E-state index in [0.29, 0.717) is 5.41 Å². The van der Waals surface area contributed by atoms with Crippen LogP contribution in [-0.2, 0) is 15.9 Å². The third-order valence-electron chi connectivity index (χ3n) is 7.31. The number of nitrogens with zero attached hydrogens (tertiary/aromatic N) is 1. The Kier molecular flexibility index (Phi) is 4.74. The Balaban J connectivity index is 1.43. The van der Waals surface area contributed by atoms with Crippen molar-refractivity contribution in [3.63, 3.8) is 0 Å². The van der Waals surface area contributed by atoms with Crippen LogP contribution in [0.4, 0.5) is 0 Å². The second kappa shape index (κ2) is 6.65. The topological polar surface area (TPSA) is 21.7 Å². The van der Waals surface area contributed by atoms with Gasteiger partial charge in [-0.15, -0.1) is 0 Å². The summed E-state index contributed by atoms with van der Waals surface area (Å²) in [6.07, 6.45) is 8.59. The van der Waals surface area contributed by atoms with Crippen LogP contribution in [0.15, 0.2) is 24.3 Å². The molecule has 3 aliphatic rings. The summed E-state index contributed by atoms with van der Waals surface area (Å²) in [7, 11) is -0.261. The molecule has 4 rings (SSSR count). The molecule has 3 nitrogen and oxygen atoms in total. The fourth-order valence-corrected chi connectivity index (χ4v) is 4.95. The highest BCUT2D eigenvalue weighted by Gasteiger charge is 2.51. The van der Waals surface area contributed by atoms with Gasteiger partial charge >= 0.3 is 7.12 Å². The number of rotatable bonds is 3. The van der Waals surface area contributed by atoms with Crippen LogP contribution < -0.4 is 5.46 Å². The maximum Gasteiger partial charge on any atom is 0.494 e. The lowest BCUT2D eigenvalue weighted by molar-refractivity contribution is 0.00578. The predicted octanol–water partition coefficient (Wildman–Crippen LogP) is 4.14. The molecule has 2 saturated heterocycles. The molecule has 3 fully saturated rings. The van der Waals surface area contributed by atoms with Gasteiger partial charge in [0.05, 0.1) is 11.2 Å². The zero-order chi connectivity index (χ0) is 18.4. The fourth-order valence-electron chi connectivity index (χ4n) is 4.95. The summed E-state index contributed by atoms with van der Waals surface area (Å²) in [4.78, 5) is 2.66. The molecule has 0 aromatic heterocycles. The van der Waals surface area contributed by atoms with Crippen LogP contribution in [0.5, 0.6) is 0 Å². The molecule has 4 heteroatoms. The summed E-state index contributed by atoms with van der Waals surface area (Å²) in [5.41, 5.74) is 2.59. The van der Waals surface area contributed by atoms with E-state index in [2.05, 4.69) is 56.9 Å². The zero-order valence-electron chi connectivity index (χ0n) is 17.0. The van der Waals surface area contributed by atoms with Gasteiger partial charge in [0.25, 0.3) is 0 Å². The minimum absolute atomic E-state index is 0.261. The van der Waals surface area contributed by atoms with E-state index in [1.807, 2.05) is 0 Å². The Bertz CT molecular complexity index is 635. The van der Waals surface area contributed by atoms with E-state index in [9.17, 15) is 0 Å². The van der Waals surface area contributed by atoms with E-state index in [0.717, 1.165) is 12.0 Å². The van der Waals surface area contributed by atoms with Crippen molar-refractivity contribution in [1.29, 1.82) is 0 Å². The molecule has 1 aromatic rings. The summed E-state index contributed by atoms with van der Waals surface area (Å²) in [6, 6.07) is 8.83. The van der Waals surface area contributed by atoms with Crippen LogP contribution in [0.2, 0.25) is 0 Å². The first-order chi connectivity index (χ1) is 12.3. The van der Waals surface area contributed by atoms with Gasteiger partial charge in [-0.3, -0.25) is 4.90 Å². The molecular weight excluding hydrogens is 321 g/mol. The normalized spacial score (nSPS) is 27.3. The van der Waals surface area contributed by atoms with Crippen molar-refractivity contribution in [1.82, 2.24) is 4.90 Å². The van der Waals surface area contributed by atoms with Gasteiger partial charge in [0.1, 0.15) is 0 Å². The van der Waals surface area contributed by atoms with E-state index >= 15 is 0 Å². The molecule has 0 bridgehead atoms. The molecule has 0 atom stereocenters. The Morgan fingerprint density at radius 3 is 2.35 bits per heavy atom. The van der Waals surface area contributed by atoms with Crippen molar-refractivity contribution in [2.24, 2.45) is 5.41 Å². The molecule has 1 saturated carbocycles. The summed E-state index contributed by atoms with van der Waals surface area (Å²) in [5, 5.41) is 0. The molecular formula is C22H34BNO2. The first kappa shape index (κ1) is 18.5. The largest absolute Gasteiger partial charge is 0.494 e. The van der Waals surface area contributed by atoms with Crippen molar-refractivity contribution in [2.75, 3.05) is 13.1 Å². The lowest BCUT2D eigenvalue weighted by Gasteiger charge is -2.33. The van der Waals surface area contributed by atoms with Gasteiger partial charge in [-0.25, -0.2) is 0 Å². The van der Waals surface area contributed by atoms with Crippen molar-refractivity contribution in [3.05, 3.63) is 29.8 Å². The van der Waals surface area contributed by atoms with Crippen LogP contribution >= 0.6 is 0 Å². The van der Waals surface area contributed by atoms with Gasteiger partial charge in [-0.05, 0) is 69.9 Å². The zero-order valence-corrected chi connectivity index (χ0v) is 17.0. The SMILES string of the molecule is CC1(C)OB(c2cccc(CN3CCC4(CCCCC4)C3)c2)OC1(C)C. The van der Waals surface area contributed by atoms with Gasteiger partial charge in [0.2, 0.25) is 0 Å². The summed E-state index contributed by atoms with van der Waals surface area (Å²) in [5.74, 6) is 0. The molecule has 0 N–H and O–H groups in total. The van der Waals surface area contributed by atoms with E-state index in [1.54, 1.807) is 0 Å². The summed E-state index contributed by atoms with van der Waals surface area (Å²) >= 11 is 0. The van der Waals surface area contributed by atoms with E-state index < -0.39 is 0 Å². The fraction of sp³-hybridized carbons (Fsp3) is 0.727. The van der Waals surface area contributed by atoms with Crippen molar-refractivity contribution >= 4 is 12.6 Å². The number of hydrogen-bond donors (Lipinski definition) is 0. The lowest BCUT2D eigenvalue weighted by atomic mass is 9.73. The third kappa shape index (κ3) is 3.48. The monoisotopic (exact) mass is 355 g/mol. The molecule has 0 radical (unpaired) electrons. The maximum atomic E-state index is 6.23. The average molecular weight is 355 g/mol.